The number of carbonyl (C=O) groups is 1. The third-order valence-corrected chi connectivity index (χ3v) is 8.06. The number of nitrogens with one attached hydrogen (secondary N) is 1. The van der Waals surface area contributed by atoms with E-state index in [9.17, 15) is 14.1 Å². The number of urea groups is 1. The second kappa shape index (κ2) is 7.57. The number of hydrogen-bond acceptors (Lipinski definition) is 5. The molecule has 172 valence electrons. The van der Waals surface area contributed by atoms with Crippen molar-refractivity contribution < 1.29 is 18.8 Å². The van der Waals surface area contributed by atoms with Gasteiger partial charge in [-0.25, -0.2) is 18.8 Å². The Morgan fingerprint density at radius 3 is 2.94 bits per heavy atom. The predicted molar refractivity (Wildman–Crippen MR) is 120 cm³/mol. The highest BCUT2D eigenvalue weighted by molar-refractivity contribution is 7.91. The number of aryl methyl sites for hydroxylation is 3. The van der Waals surface area contributed by atoms with Crippen molar-refractivity contribution in [2.75, 3.05) is 11.9 Å². The summed E-state index contributed by atoms with van der Waals surface area (Å²) in [5.41, 5.74) is 4.21. The molecular formula is C22H29N5O4S. The van der Waals surface area contributed by atoms with Crippen LogP contribution >= 0.6 is 0 Å². The second-order valence-electron chi connectivity index (χ2n) is 9.39. The van der Waals surface area contributed by atoms with Crippen LogP contribution in [-0.4, -0.2) is 37.3 Å². The van der Waals surface area contributed by atoms with Gasteiger partial charge < -0.3 is 15.2 Å². The molecule has 4 N–H and O–H groups in total. The minimum absolute atomic E-state index is 0.1000. The molecule has 2 heterocycles. The molecule has 2 atom stereocenters. The van der Waals surface area contributed by atoms with Crippen molar-refractivity contribution in [3.63, 3.8) is 0 Å². The highest BCUT2D eigenvalue weighted by Gasteiger charge is 2.38. The highest BCUT2D eigenvalue weighted by atomic mass is 32.2. The number of aromatic nitrogens is 2. The molecule has 5 rings (SSSR count). The smallest absolute Gasteiger partial charge is 0.354 e. The van der Waals surface area contributed by atoms with Gasteiger partial charge in [-0.15, -0.1) is 4.36 Å². The molecule has 2 aliphatic carbocycles. The molecule has 0 fully saturated rings. The predicted octanol–water partition coefficient (Wildman–Crippen LogP) is 2.89. The van der Waals surface area contributed by atoms with Crippen LogP contribution in [0.3, 0.4) is 0 Å². The van der Waals surface area contributed by atoms with Gasteiger partial charge in [0.25, 0.3) is 0 Å². The molecule has 2 aromatic rings. The molecule has 0 saturated carbocycles. The number of rotatable bonds is 3. The first kappa shape index (κ1) is 21.4. The molecule has 1 aromatic carbocycles. The van der Waals surface area contributed by atoms with Crippen LogP contribution < -0.4 is 15.2 Å². The van der Waals surface area contributed by atoms with Gasteiger partial charge in [0.05, 0.1) is 18.4 Å². The summed E-state index contributed by atoms with van der Waals surface area (Å²) in [6, 6.07) is 1.45. The number of aliphatic hydroxyl groups is 1. The maximum atomic E-state index is 13.2. The monoisotopic (exact) mass is 459 g/mol. The first-order valence-electron chi connectivity index (χ1n) is 11.1. The Kier molecular flexibility index (Phi) is 5.06. The van der Waals surface area contributed by atoms with E-state index in [1.54, 1.807) is 18.5 Å². The minimum Gasteiger partial charge on any atom is -0.477 e. The minimum atomic E-state index is -3.54. The summed E-state index contributed by atoms with van der Waals surface area (Å²) in [5.74, 6) is 0.209. The van der Waals surface area contributed by atoms with Gasteiger partial charge in [-0.3, -0.25) is 0 Å². The molecule has 0 saturated heterocycles. The lowest BCUT2D eigenvalue weighted by Crippen LogP contribution is -2.28. The Labute approximate surface area is 187 Å². The van der Waals surface area contributed by atoms with Crippen molar-refractivity contribution in [3.05, 3.63) is 34.5 Å². The van der Waals surface area contributed by atoms with Crippen molar-refractivity contribution in [1.82, 2.24) is 9.78 Å². The van der Waals surface area contributed by atoms with Crippen LogP contribution in [0.2, 0.25) is 0 Å². The van der Waals surface area contributed by atoms with Gasteiger partial charge in [0.1, 0.15) is 4.90 Å². The maximum absolute atomic E-state index is 13.2. The van der Waals surface area contributed by atoms with Gasteiger partial charge in [0, 0.05) is 24.6 Å². The number of nitrogens with two attached hydrogens (primary N) is 1. The van der Waals surface area contributed by atoms with E-state index in [-0.39, 0.29) is 10.8 Å². The van der Waals surface area contributed by atoms with Gasteiger partial charge in [-0.2, -0.15) is 5.10 Å². The van der Waals surface area contributed by atoms with Gasteiger partial charge in [-0.05, 0) is 68.2 Å². The third kappa shape index (κ3) is 3.60. The van der Waals surface area contributed by atoms with Crippen LogP contribution in [0.25, 0.3) is 0 Å². The number of anilines is 1. The maximum Gasteiger partial charge on any atom is 0.354 e. The number of hydrogen-bond donors (Lipinski definition) is 3. The fourth-order valence-electron chi connectivity index (χ4n) is 5.27. The third-order valence-electron chi connectivity index (χ3n) is 6.71. The quantitative estimate of drug-likeness (QED) is 0.649. The van der Waals surface area contributed by atoms with E-state index in [0.29, 0.717) is 24.7 Å². The lowest BCUT2D eigenvalue weighted by molar-refractivity contribution is 0.0504. The first-order chi connectivity index (χ1) is 15.1. The zero-order chi connectivity index (χ0) is 22.7. The zero-order valence-electron chi connectivity index (χ0n) is 18.4. The van der Waals surface area contributed by atoms with Gasteiger partial charge in [0.15, 0.2) is 9.92 Å². The van der Waals surface area contributed by atoms with Crippen LogP contribution in [-0.2, 0) is 35.7 Å². The number of fused-ring (bicyclic) bond motifs is 3. The number of ether oxygens (including phenoxy) is 1. The van der Waals surface area contributed by atoms with Crippen molar-refractivity contribution in [1.29, 1.82) is 0 Å². The SMILES string of the molecule is CC(C)(O)C1CCc2cc3c(c(NC(=O)N=S(N)(=O)c4cnn5c4OCCC5)c21)CCC3. The van der Waals surface area contributed by atoms with E-state index in [2.05, 4.69) is 20.8 Å². The van der Waals surface area contributed by atoms with E-state index in [4.69, 9.17) is 9.88 Å². The molecule has 32 heavy (non-hydrogen) atoms. The molecule has 2 amide bonds. The summed E-state index contributed by atoms with van der Waals surface area (Å²) < 4.78 is 24.2. The van der Waals surface area contributed by atoms with Gasteiger partial charge in [-0.1, -0.05) is 6.07 Å². The van der Waals surface area contributed by atoms with E-state index >= 15 is 0 Å². The molecule has 3 aliphatic rings. The van der Waals surface area contributed by atoms with Crippen molar-refractivity contribution in [2.45, 2.75) is 75.3 Å². The molecule has 1 aromatic heterocycles. The summed E-state index contributed by atoms with van der Waals surface area (Å²) >= 11 is 0. The standard InChI is InChI=1S/C22H29N5O4S/c1-22(2,29)16-8-7-14-11-13-5-3-6-15(13)19(18(14)16)25-21(28)26-32(23,30)17-12-24-27-9-4-10-31-20(17)27/h11-12,16,29H,3-10H2,1-2H3,(H3,23,25,26,28,30). The second-order valence-corrected chi connectivity index (χ2v) is 11.1. The van der Waals surface area contributed by atoms with Crippen LogP contribution in [0.15, 0.2) is 21.5 Å². The van der Waals surface area contributed by atoms with Crippen molar-refractivity contribution >= 4 is 21.6 Å². The average Bonchev–Trinajstić information content (AvgIpc) is 3.44. The normalized spacial score (nSPS) is 21.2. The Bertz CT molecular complexity index is 1220. The van der Waals surface area contributed by atoms with Crippen LogP contribution in [0.1, 0.15) is 61.3 Å². The lowest BCUT2D eigenvalue weighted by atomic mass is 9.83. The molecular weight excluding hydrogens is 430 g/mol. The summed E-state index contributed by atoms with van der Waals surface area (Å²) in [7, 11) is -3.54. The number of amides is 2. The van der Waals surface area contributed by atoms with Gasteiger partial charge in [0.2, 0.25) is 5.88 Å². The summed E-state index contributed by atoms with van der Waals surface area (Å²) in [6.45, 7) is 4.70. The molecule has 2 unspecified atom stereocenters. The lowest BCUT2D eigenvalue weighted by Gasteiger charge is -2.29. The molecule has 0 radical (unpaired) electrons. The first-order valence-corrected chi connectivity index (χ1v) is 12.7. The molecule has 0 bridgehead atoms. The average molecular weight is 460 g/mol. The Morgan fingerprint density at radius 2 is 2.16 bits per heavy atom. The van der Waals surface area contributed by atoms with E-state index < -0.39 is 21.5 Å². The molecule has 9 nitrogen and oxygen atoms in total. The largest absolute Gasteiger partial charge is 0.477 e. The zero-order valence-corrected chi connectivity index (χ0v) is 19.2. The molecule has 10 heteroatoms. The summed E-state index contributed by atoms with van der Waals surface area (Å²) in [5, 5.41) is 23.8. The van der Waals surface area contributed by atoms with Crippen molar-refractivity contribution in [2.24, 2.45) is 9.50 Å². The Morgan fingerprint density at radius 1 is 1.34 bits per heavy atom. The van der Waals surface area contributed by atoms with Crippen LogP contribution in [0.4, 0.5) is 10.5 Å². The van der Waals surface area contributed by atoms with E-state index in [1.807, 2.05) is 0 Å². The number of benzene rings is 1. The van der Waals surface area contributed by atoms with E-state index in [0.717, 1.165) is 55.2 Å². The Hall–Kier alpha value is -2.43. The number of nitrogens with zero attached hydrogens (tertiary/aromatic N) is 3. The van der Waals surface area contributed by atoms with Gasteiger partial charge >= 0.3 is 6.03 Å². The number of carbonyl (C=O) groups excluding carboxylic acids is 1. The van der Waals surface area contributed by atoms with Crippen LogP contribution in [0.5, 0.6) is 5.88 Å². The fourth-order valence-corrected chi connectivity index (χ4v) is 6.27. The summed E-state index contributed by atoms with van der Waals surface area (Å²) in [4.78, 5) is 13.1. The summed E-state index contributed by atoms with van der Waals surface area (Å²) in [6.07, 6.45) is 6.65. The topological polar surface area (TPSA) is 132 Å². The van der Waals surface area contributed by atoms with Crippen LogP contribution in [0, 0.1) is 0 Å². The Balaban J connectivity index is 1.53. The van der Waals surface area contributed by atoms with E-state index in [1.165, 1.54) is 11.8 Å². The van der Waals surface area contributed by atoms with Crippen molar-refractivity contribution in [3.8, 4) is 5.88 Å². The highest BCUT2D eigenvalue weighted by Crippen LogP contribution is 2.48. The molecule has 1 aliphatic heterocycles. The fraction of sp³-hybridized carbons (Fsp3) is 0.545. The molecule has 0 spiro atoms.